The molecular weight excluding hydrogens is 246 g/mol. The molecule has 0 radical (unpaired) electrons. The SMILES string of the molecule is CCC1CN(Cc2cccc(C)n2)C(C(C)CC)CN1. The Kier molecular flexibility index (Phi) is 5.55. The molecule has 1 saturated heterocycles. The van der Waals surface area contributed by atoms with Crippen LogP contribution in [0.15, 0.2) is 18.2 Å². The molecule has 0 spiro atoms. The molecule has 0 aliphatic carbocycles. The number of hydrogen-bond donors (Lipinski definition) is 1. The van der Waals surface area contributed by atoms with Crippen LogP contribution in [-0.2, 0) is 6.54 Å². The second-order valence-electron chi connectivity index (χ2n) is 6.17. The summed E-state index contributed by atoms with van der Waals surface area (Å²) in [6.45, 7) is 12.2. The molecule has 3 atom stereocenters. The molecule has 1 fully saturated rings. The van der Waals surface area contributed by atoms with Gasteiger partial charge in [0.1, 0.15) is 0 Å². The van der Waals surface area contributed by atoms with Crippen molar-refractivity contribution >= 4 is 0 Å². The van der Waals surface area contributed by atoms with Crippen LogP contribution in [0.3, 0.4) is 0 Å². The monoisotopic (exact) mass is 275 g/mol. The molecule has 1 aromatic heterocycles. The van der Waals surface area contributed by atoms with Crippen molar-refractivity contribution in [2.45, 2.75) is 59.2 Å². The van der Waals surface area contributed by atoms with Crippen molar-refractivity contribution in [1.29, 1.82) is 0 Å². The lowest BCUT2D eigenvalue weighted by Gasteiger charge is -2.42. The molecule has 2 rings (SSSR count). The Morgan fingerprint density at radius 2 is 2.20 bits per heavy atom. The molecule has 3 nitrogen and oxygen atoms in total. The minimum Gasteiger partial charge on any atom is -0.311 e. The lowest BCUT2D eigenvalue weighted by Crippen LogP contribution is -2.57. The van der Waals surface area contributed by atoms with E-state index in [1.54, 1.807) is 0 Å². The van der Waals surface area contributed by atoms with Crippen LogP contribution in [0.2, 0.25) is 0 Å². The quantitative estimate of drug-likeness (QED) is 0.895. The maximum absolute atomic E-state index is 4.68. The second kappa shape index (κ2) is 7.19. The molecule has 1 aromatic rings. The number of nitrogens with one attached hydrogen (secondary N) is 1. The molecule has 20 heavy (non-hydrogen) atoms. The second-order valence-corrected chi connectivity index (χ2v) is 6.17. The van der Waals surface area contributed by atoms with Gasteiger partial charge in [-0.1, -0.05) is 33.3 Å². The smallest absolute Gasteiger partial charge is 0.0547 e. The maximum atomic E-state index is 4.68. The molecule has 112 valence electrons. The van der Waals surface area contributed by atoms with Gasteiger partial charge in [0.25, 0.3) is 0 Å². The standard InChI is InChI=1S/C17H29N3/c1-5-13(3)17-10-18-15(6-2)11-20(17)12-16-9-7-8-14(4)19-16/h7-9,13,15,17-18H,5-6,10-12H2,1-4H3. The van der Waals surface area contributed by atoms with E-state index >= 15 is 0 Å². The Hall–Kier alpha value is -0.930. The summed E-state index contributed by atoms with van der Waals surface area (Å²) in [7, 11) is 0. The van der Waals surface area contributed by atoms with E-state index < -0.39 is 0 Å². The lowest BCUT2D eigenvalue weighted by molar-refractivity contribution is 0.0820. The molecule has 1 aliphatic heterocycles. The van der Waals surface area contributed by atoms with E-state index in [0.717, 1.165) is 31.2 Å². The minimum absolute atomic E-state index is 0.625. The Labute approximate surface area is 123 Å². The van der Waals surface area contributed by atoms with Gasteiger partial charge in [-0.25, -0.2) is 0 Å². The Morgan fingerprint density at radius 3 is 2.85 bits per heavy atom. The van der Waals surface area contributed by atoms with Crippen molar-refractivity contribution in [3.63, 3.8) is 0 Å². The van der Waals surface area contributed by atoms with Crippen LogP contribution < -0.4 is 5.32 Å². The number of piperazine rings is 1. The number of aromatic nitrogens is 1. The number of hydrogen-bond acceptors (Lipinski definition) is 3. The van der Waals surface area contributed by atoms with Crippen LogP contribution in [-0.4, -0.2) is 35.1 Å². The normalized spacial score (nSPS) is 25.6. The van der Waals surface area contributed by atoms with E-state index in [2.05, 4.69) is 61.1 Å². The predicted molar refractivity (Wildman–Crippen MR) is 84.7 cm³/mol. The van der Waals surface area contributed by atoms with E-state index in [9.17, 15) is 0 Å². The van der Waals surface area contributed by atoms with Gasteiger partial charge in [-0.3, -0.25) is 9.88 Å². The van der Waals surface area contributed by atoms with E-state index in [1.807, 2.05) is 0 Å². The van der Waals surface area contributed by atoms with Crippen LogP contribution in [0, 0.1) is 12.8 Å². The number of aryl methyl sites for hydroxylation is 1. The summed E-state index contributed by atoms with van der Waals surface area (Å²) in [5, 5.41) is 3.70. The molecule has 2 heterocycles. The highest BCUT2D eigenvalue weighted by atomic mass is 15.2. The fraction of sp³-hybridized carbons (Fsp3) is 0.706. The van der Waals surface area contributed by atoms with Gasteiger partial charge in [-0.2, -0.15) is 0 Å². The van der Waals surface area contributed by atoms with Gasteiger partial charge in [-0.15, -0.1) is 0 Å². The maximum Gasteiger partial charge on any atom is 0.0547 e. The van der Waals surface area contributed by atoms with E-state index in [4.69, 9.17) is 0 Å². The summed E-state index contributed by atoms with van der Waals surface area (Å²) in [5.41, 5.74) is 2.32. The van der Waals surface area contributed by atoms with Gasteiger partial charge in [0.15, 0.2) is 0 Å². The molecule has 3 unspecified atom stereocenters. The van der Waals surface area contributed by atoms with E-state index in [0.29, 0.717) is 12.1 Å². The first kappa shape index (κ1) is 15.5. The zero-order valence-corrected chi connectivity index (χ0v) is 13.4. The van der Waals surface area contributed by atoms with Crippen molar-refractivity contribution < 1.29 is 0 Å². The number of nitrogens with zero attached hydrogens (tertiary/aromatic N) is 2. The van der Waals surface area contributed by atoms with Gasteiger partial charge in [-0.05, 0) is 31.4 Å². The summed E-state index contributed by atoms with van der Waals surface area (Å²) >= 11 is 0. The zero-order valence-electron chi connectivity index (χ0n) is 13.4. The van der Waals surface area contributed by atoms with Crippen molar-refractivity contribution in [3.05, 3.63) is 29.6 Å². The number of pyridine rings is 1. The van der Waals surface area contributed by atoms with Gasteiger partial charge < -0.3 is 5.32 Å². The molecule has 0 saturated carbocycles. The first-order chi connectivity index (χ1) is 9.63. The van der Waals surface area contributed by atoms with Gasteiger partial charge in [0.05, 0.1) is 5.69 Å². The van der Waals surface area contributed by atoms with Crippen molar-refractivity contribution in [2.24, 2.45) is 5.92 Å². The topological polar surface area (TPSA) is 28.2 Å². The highest BCUT2D eigenvalue weighted by Gasteiger charge is 2.30. The van der Waals surface area contributed by atoms with Crippen LogP contribution in [0.25, 0.3) is 0 Å². The molecular formula is C17H29N3. The van der Waals surface area contributed by atoms with Crippen molar-refractivity contribution in [2.75, 3.05) is 13.1 Å². The fourth-order valence-electron chi connectivity index (χ4n) is 3.08. The van der Waals surface area contributed by atoms with Crippen LogP contribution >= 0.6 is 0 Å². The predicted octanol–water partition coefficient (Wildman–Crippen LogP) is 2.99. The average molecular weight is 275 g/mol. The van der Waals surface area contributed by atoms with Crippen LogP contribution in [0.4, 0.5) is 0 Å². The molecule has 1 N–H and O–H groups in total. The molecule has 3 heteroatoms. The fourth-order valence-corrected chi connectivity index (χ4v) is 3.08. The summed E-state index contributed by atoms with van der Waals surface area (Å²) in [6, 6.07) is 7.60. The van der Waals surface area contributed by atoms with Crippen molar-refractivity contribution in [3.8, 4) is 0 Å². The van der Waals surface area contributed by atoms with E-state index in [-0.39, 0.29) is 0 Å². The highest BCUT2D eigenvalue weighted by Crippen LogP contribution is 2.21. The zero-order chi connectivity index (χ0) is 14.5. The molecule has 0 aromatic carbocycles. The molecule has 0 amide bonds. The molecule has 1 aliphatic rings. The Bertz CT molecular complexity index is 418. The van der Waals surface area contributed by atoms with E-state index in [1.165, 1.54) is 18.5 Å². The van der Waals surface area contributed by atoms with Crippen LogP contribution in [0.5, 0.6) is 0 Å². The van der Waals surface area contributed by atoms with Crippen molar-refractivity contribution in [1.82, 2.24) is 15.2 Å². The minimum atomic E-state index is 0.625. The van der Waals surface area contributed by atoms with Gasteiger partial charge in [0.2, 0.25) is 0 Å². The molecule has 0 bridgehead atoms. The summed E-state index contributed by atoms with van der Waals surface area (Å²) in [5.74, 6) is 0.727. The number of rotatable bonds is 5. The Balaban J connectivity index is 2.10. The third-order valence-corrected chi connectivity index (χ3v) is 4.64. The third kappa shape index (κ3) is 3.80. The van der Waals surface area contributed by atoms with Gasteiger partial charge >= 0.3 is 0 Å². The highest BCUT2D eigenvalue weighted by molar-refractivity contribution is 5.10. The average Bonchev–Trinajstić information content (AvgIpc) is 2.46. The summed E-state index contributed by atoms with van der Waals surface area (Å²) < 4.78 is 0. The summed E-state index contributed by atoms with van der Waals surface area (Å²) in [4.78, 5) is 7.32. The largest absolute Gasteiger partial charge is 0.311 e. The lowest BCUT2D eigenvalue weighted by atomic mass is 9.94. The summed E-state index contributed by atoms with van der Waals surface area (Å²) in [6.07, 6.45) is 2.44. The van der Waals surface area contributed by atoms with Gasteiger partial charge in [0, 0.05) is 37.4 Å². The van der Waals surface area contributed by atoms with Crippen LogP contribution in [0.1, 0.15) is 45.0 Å². The first-order valence-corrected chi connectivity index (χ1v) is 8.04. The first-order valence-electron chi connectivity index (χ1n) is 8.04. The third-order valence-electron chi connectivity index (χ3n) is 4.64. The Morgan fingerprint density at radius 1 is 1.40 bits per heavy atom.